The van der Waals surface area contributed by atoms with Crippen molar-refractivity contribution in [1.82, 2.24) is 4.98 Å². The minimum absolute atomic E-state index is 0.187. The Bertz CT molecular complexity index is 2410. The van der Waals surface area contributed by atoms with Crippen molar-refractivity contribution in [3.63, 3.8) is 0 Å². The molecule has 0 aliphatic heterocycles. The quantitative estimate of drug-likeness (QED) is 0.196. The molecule has 1 aliphatic carbocycles. The molecular formula is C44H32N2O. The second kappa shape index (κ2) is 10.6. The molecule has 8 aromatic rings. The molecule has 0 spiro atoms. The molecule has 3 heteroatoms. The van der Waals surface area contributed by atoms with Gasteiger partial charge in [-0.05, 0) is 99.4 Å². The fourth-order valence-corrected chi connectivity index (χ4v) is 7.42. The Balaban J connectivity index is 1.18. The Morgan fingerprint density at radius 2 is 1.11 bits per heavy atom. The van der Waals surface area contributed by atoms with Gasteiger partial charge in [0.25, 0.3) is 0 Å². The molecule has 1 heterocycles. The second-order valence-corrected chi connectivity index (χ2v) is 12.8. The molecule has 0 radical (unpaired) electrons. The Morgan fingerprint density at radius 1 is 0.511 bits per heavy atom. The minimum Gasteiger partial charge on any atom is -0.435 e. The lowest BCUT2D eigenvalue weighted by Gasteiger charge is -2.27. The van der Waals surface area contributed by atoms with Crippen molar-refractivity contribution in [2.75, 3.05) is 4.90 Å². The van der Waals surface area contributed by atoms with Crippen LogP contribution in [-0.4, -0.2) is 4.98 Å². The van der Waals surface area contributed by atoms with E-state index in [4.69, 9.17) is 9.40 Å². The normalized spacial score (nSPS) is 13.1. The number of benzene rings is 7. The van der Waals surface area contributed by atoms with Crippen LogP contribution in [0.4, 0.5) is 17.1 Å². The van der Waals surface area contributed by atoms with E-state index in [0.29, 0.717) is 5.89 Å². The number of fused-ring (bicyclic) bond motifs is 7. The summed E-state index contributed by atoms with van der Waals surface area (Å²) in [6.07, 6.45) is 0. The maximum Gasteiger partial charge on any atom is 0.227 e. The molecule has 0 atom stereocenters. The van der Waals surface area contributed by atoms with E-state index in [9.17, 15) is 0 Å². The molecule has 224 valence electrons. The van der Waals surface area contributed by atoms with E-state index in [-0.39, 0.29) is 5.41 Å². The highest BCUT2D eigenvalue weighted by molar-refractivity contribution is 6.09. The minimum atomic E-state index is -0.187. The van der Waals surface area contributed by atoms with E-state index in [1.165, 1.54) is 38.8 Å². The molecule has 9 rings (SSSR count). The topological polar surface area (TPSA) is 29.3 Å². The van der Waals surface area contributed by atoms with Crippen LogP contribution in [0.5, 0.6) is 0 Å². The Hall–Kier alpha value is -5.93. The van der Waals surface area contributed by atoms with Gasteiger partial charge >= 0.3 is 0 Å². The summed E-state index contributed by atoms with van der Waals surface area (Å²) < 4.78 is 6.44. The monoisotopic (exact) mass is 604 g/mol. The summed E-state index contributed by atoms with van der Waals surface area (Å²) >= 11 is 0. The van der Waals surface area contributed by atoms with Gasteiger partial charge in [-0.3, -0.25) is 0 Å². The van der Waals surface area contributed by atoms with Crippen molar-refractivity contribution in [3.05, 3.63) is 169 Å². The third kappa shape index (κ3) is 4.39. The zero-order valence-corrected chi connectivity index (χ0v) is 26.3. The first kappa shape index (κ1) is 27.4. The number of oxazole rings is 1. The van der Waals surface area contributed by atoms with Gasteiger partial charge in [-0.1, -0.05) is 111 Å². The van der Waals surface area contributed by atoms with Gasteiger partial charge in [-0.15, -0.1) is 0 Å². The van der Waals surface area contributed by atoms with E-state index >= 15 is 0 Å². The van der Waals surface area contributed by atoms with E-state index in [1.807, 2.05) is 30.3 Å². The number of para-hydroxylation sites is 1. The van der Waals surface area contributed by atoms with Gasteiger partial charge in [-0.2, -0.15) is 0 Å². The van der Waals surface area contributed by atoms with Crippen LogP contribution in [0.15, 0.2) is 162 Å². The van der Waals surface area contributed by atoms with Crippen molar-refractivity contribution in [2.45, 2.75) is 19.3 Å². The number of nitrogens with zero attached hydrogens (tertiary/aromatic N) is 2. The predicted molar refractivity (Wildman–Crippen MR) is 195 cm³/mol. The maximum absolute atomic E-state index is 6.44. The number of rotatable bonds is 5. The predicted octanol–water partition coefficient (Wildman–Crippen LogP) is 12.1. The number of anilines is 3. The standard InChI is InChI=1S/C44H32N2O/c1-44(2)39-26-22-34(46(32-16-10-5-11-17-32)33-20-18-30(19-21-33)29-12-6-3-7-13-29)28-38(39)36-23-24-37-35(41(36)44)25-27-40-42(37)47-43(45-40)31-14-8-4-9-15-31/h3-28H,1-2H3. The third-order valence-electron chi connectivity index (χ3n) is 9.67. The van der Waals surface area contributed by atoms with Gasteiger partial charge in [0.15, 0.2) is 5.58 Å². The molecule has 0 unspecified atom stereocenters. The van der Waals surface area contributed by atoms with Crippen LogP contribution in [0.1, 0.15) is 25.0 Å². The summed E-state index contributed by atoms with van der Waals surface area (Å²) in [6.45, 7) is 4.68. The van der Waals surface area contributed by atoms with Crippen molar-refractivity contribution in [3.8, 4) is 33.7 Å². The smallest absolute Gasteiger partial charge is 0.227 e. The SMILES string of the molecule is CC1(C)c2ccc(N(c3ccccc3)c3ccc(-c4ccccc4)cc3)cc2-c2ccc3c(ccc4nc(-c5ccccc5)oc43)c21. The van der Waals surface area contributed by atoms with Gasteiger partial charge in [0.05, 0.1) is 0 Å². The Labute approximate surface area is 274 Å². The molecule has 7 aromatic carbocycles. The molecule has 0 bridgehead atoms. The first-order chi connectivity index (χ1) is 23.1. The highest BCUT2D eigenvalue weighted by Crippen LogP contribution is 2.53. The first-order valence-corrected chi connectivity index (χ1v) is 16.1. The van der Waals surface area contributed by atoms with Crippen molar-refractivity contribution >= 4 is 38.9 Å². The van der Waals surface area contributed by atoms with Gasteiger partial charge in [-0.25, -0.2) is 4.98 Å². The van der Waals surface area contributed by atoms with Crippen molar-refractivity contribution in [2.24, 2.45) is 0 Å². The fourth-order valence-electron chi connectivity index (χ4n) is 7.42. The molecule has 3 nitrogen and oxygen atoms in total. The molecular weight excluding hydrogens is 572 g/mol. The summed E-state index contributed by atoms with van der Waals surface area (Å²) in [6, 6.07) is 56.0. The largest absolute Gasteiger partial charge is 0.435 e. The van der Waals surface area contributed by atoms with E-state index in [1.54, 1.807) is 0 Å². The van der Waals surface area contributed by atoms with Crippen LogP contribution in [0.25, 0.3) is 55.6 Å². The van der Waals surface area contributed by atoms with Gasteiger partial charge < -0.3 is 9.32 Å². The first-order valence-electron chi connectivity index (χ1n) is 16.1. The lowest BCUT2D eigenvalue weighted by Crippen LogP contribution is -2.16. The average Bonchev–Trinajstić information content (AvgIpc) is 3.67. The third-order valence-corrected chi connectivity index (χ3v) is 9.67. The molecule has 1 aromatic heterocycles. The Morgan fingerprint density at radius 3 is 1.83 bits per heavy atom. The van der Waals surface area contributed by atoms with Crippen molar-refractivity contribution < 1.29 is 4.42 Å². The molecule has 47 heavy (non-hydrogen) atoms. The van der Waals surface area contributed by atoms with Gasteiger partial charge in [0.2, 0.25) is 5.89 Å². The van der Waals surface area contributed by atoms with Crippen LogP contribution < -0.4 is 4.90 Å². The lowest BCUT2D eigenvalue weighted by atomic mass is 9.80. The summed E-state index contributed by atoms with van der Waals surface area (Å²) in [5.41, 5.74) is 13.5. The van der Waals surface area contributed by atoms with Crippen LogP contribution in [0.2, 0.25) is 0 Å². The van der Waals surface area contributed by atoms with Gasteiger partial charge in [0, 0.05) is 33.4 Å². The van der Waals surface area contributed by atoms with E-state index in [2.05, 4.69) is 146 Å². The molecule has 0 saturated heterocycles. The fraction of sp³-hybridized carbons (Fsp3) is 0.0682. The summed E-state index contributed by atoms with van der Waals surface area (Å²) in [5, 5.41) is 2.31. The van der Waals surface area contributed by atoms with E-state index in [0.717, 1.165) is 39.1 Å². The van der Waals surface area contributed by atoms with E-state index < -0.39 is 0 Å². The van der Waals surface area contributed by atoms with Crippen LogP contribution in [0, 0.1) is 0 Å². The zero-order chi connectivity index (χ0) is 31.5. The number of hydrogen-bond donors (Lipinski definition) is 0. The number of hydrogen-bond acceptors (Lipinski definition) is 3. The Kier molecular flexibility index (Phi) is 6.16. The summed E-state index contributed by atoms with van der Waals surface area (Å²) in [4.78, 5) is 7.19. The molecule has 0 fully saturated rings. The van der Waals surface area contributed by atoms with Gasteiger partial charge in [0.1, 0.15) is 5.52 Å². The lowest BCUT2D eigenvalue weighted by molar-refractivity contribution is 0.623. The summed E-state index contributed by atoms with van der Waals surface area (Å²) in [5.74, 6) is 0.651. The highest BCUT2D eigenvalue weighted by atomic mass is 16.3. The maximum atomic E-state index is 6.44. The number of aromatic nitrogens is 1. The second-order valence-electron chi connectivity index (χ2n) is 12.8. The van der Waals surface area contributed by atoms with Crippen LogP contribution in [0.3, 0.4) is 0 Å². The van der Waals surface area contributed by atoms with Crippen LogP contribution >= 0.6 is 0 Å². The van der Waals surface area contributed by atoms with Crippen molar-refractivity contribution in [1.29, 1.82) is 0 Å². The molecule has 0 saturated carbocycles. The highest BCUT2D eigenvalue weighted by Gasteiger charge is 2.37. The van der Waals surface area contributed by atoms with Crippen LogP contribution in [-0.2, 0) is 5.41 Å². The summed E-state index contributed by atoms with van der Waals surface area (Å²) in [7, 11) is 0. The molecule has 0 N–H and O–H groups in total. The molecule has 0 amide bonds. The zero-order valence-electron chi connectivity index (χ0n) is 26.3. The average molecular weight is 605 g/mol. The molecule has 1 aliphatic rings.